The van der Waals surface area contributed by atoms with Gasteiger partial charge in [-0.15, -0.1) is 0 Å². The molecule has 1 rings (SSSR count). The van der Waals surface area contributed by atoms with Crippen LogP contribution in [0.4, 0.5) is 0 Å². The first-order valence-corrected chi connectivity index (χ1v) is 14.8. The van der Waals surface area contributed by atoms with Gasteiger partial charge < -0.3 is 4.34 Å². The highest BCUT2D eigenvalue weighted by atomic mass is 28.4. The van der Waals surface area contributed by atoms with E-state index in [2.05, 4.69) is 55.8 Å². The first-order chi connectivity index (χ1) is 10.00. The van der Waals surface area contributed by atoms with Crippen LogP contribution >= 0.6 is 0 Å². The fourth-order valence-electron chi connectivity index (χ4n) is 2.70. The molecule has 0 amide bonds. The number of hydrogen-bond acceptors (Lipinski definition) is 3. The molecule has 1 aromatic carbocycles. The van der Waals surface area contributed by atoms with E-state index in [4.69, 9.17) is 5.10 Å². The molecular formula is C17H30N2OSi2. The van der Waals surface area contributed by atoms with E-state index in [1.165, 1.54) is 5.56 Å². The summed E-state index contributed by atoms with van der Waals surface area (Å²) >= 11 is 0. The van der Waals surface area contributed by atoms with Crippen molar-refractivity contribution in [3.05, 3.63) is 35.9 Å². The minimum atomic E-state index is -1.56. The van der Waals surface area contributed by atoms with Gasteiger partial charge in [0.15, 0.2) is 16.5 Å². The van der Waals surface area contributed by atoms with Gasteiger partial charge >= 0.3 is 0 Å². The third-order valence-electron chi connectivity index (χ3n) is 3.22. The summed E-state index contributed by atoms with van der Waals surface area (Å²) in [5, 5.41) is 5.01. The Bertz CT molecular complexity index is 514. The number of rotatable bonds is 7. The largest absolute Gasteiger partial charge is 0.350 e. The number of carbonyl (C=O) groups excluding carboxylic acids is 1. The normalized spacial score (nSPS) is 13.1. The standard InChI is InChI=1S/C17H30N2OSi2/c1-15(20)13-17(14-16-11-9-8-10-12-16)18-19(21(2,3)4)22(5,6)7/h8-12H,13-14H2,1-7H3/b18-17+. The Morgan fingerprint density at radius 2 is 1.50 bits per heavy atom. The lowest BCUT2D eigenvalue weighted by molar-refractivity contribution is -0.115. The van der Waals surface area contributed by atoms with Crippen molar-refractivity contribution in [3.8, 4) is 0 Å². The Hall–Kier alpha value is -1.21. The summed E-state index contributed by atoms with van der Waals surface area (Å²) in [5.74, 6) is 0.181. The Balaban J connectivity index is 3.15. The summed E-state index contributed by atoms with van der Waals surface area (Å²) in [6.07, 6.45) is 1.20. The van der Waals surface area contributed by atoms with Crippen LogP contribution in [0.3, 0.4) is 0 Å². The smallest absolute Gasteiger partial charge is 0.158 e. The van der Waals surface area contributed by atoms with Crippen LogP contribution in [0.25, 0.3) is 0 Å². The number of ketones is 1. The minimum Gasteiger partial charge on any atom is -0.350 e. The van der Waals surface area contributed by atoms with Gasteiger partial charge in [0.25, 0.3) is 0 Å². The molecule has 3 nitrogen and oxygen atoms in total. The van der Waals surface area contributed by atoms with Crippen molar-refractivity contribution in [1.29, 1.82) is 0 Å². The number of carbonyl (C=O) groups is 1. The Morgan fingerprint density at radius 1 is 1.00 bits per heavy atom. The average Bonchev–Trinajstić information content (AvgIpc) is 2.33. The lowest BCUT2D eigenvalue weighted by Gasteiger charge is -2.42. The second-order valence-electron chi connectivity index (χ2n) is 7.86. The van der Waals surface area contributed by atoms with Crippen molar-refractivity contribution in [2.75, 3.05) is 0 Å². The first-order valence-electron chi connectivity index (χ1n) is 7.90. The van der Waals surface area contributed by atoms with E-state index in [9.17, 15) is 4.79 Å². The van der Waals surface area contributed by atoms with Crippen LogP contribution in [0.1, 0.15) is 18.9 Å². The van der Waals surface area contributed by atoms with E-state index in [0.717, 1.165) is 12.1 Å². The Kier molecular flexibility index (Phi) is 6.31. The van der Waals surface area contributed by atoms with E-state index in [-0.39, 0.29) is 5.78 Å². The first kappa shape index (κ1) is 18.8. The average molecular weight is 335 g/mol. The lowest BCUT2D eigenvalue weighted by atomic mass is 10.1. The van der Waals surface area contributed by atoms with E-state index in [1.807, 2.05) is 18.2 Å². The molecule has 0 saturated carbocycles. The summed E-state index contributed by atoms with van der Waals surface area (Å²) in [6.45, 7) is 15.6. The van der Waals surface area contributed by atoms with Gasteiger partial charge in [-0.1, -0.05) is 69.6 Å². The molecule has 1 aromatic rings. The van der Waals surface area contributed by atoms with E-state index in [0.29, 0.717) is 6.42 Å². The van der Waals surface area contributed by atoms with Crippen molar-refractivity contribution < 1.29 is 4.79 Å². The summed E-state index contributed by atoms with van der Waals surface area (Å²) < 4.78 is 2.39. The Morgan fingerprint density at radius 3 is 1.91 bits per heavy atom. The molecule has 0 heterocycles. The molecule has 0 bridgehead atoms. The predicted octanol–water partition coefficient (Wildman–Crippen LogP) is 4.54. The van der Waals surface area contributed by atoms with Crippen molar-refractivity contribution in [2.45, 2.75) is 59.0 Å². The van der Waals surface area contributed by atoms with Gasteiger partial charge in [0, 0.05) is 18.6 Å². The van der Waals surface area contributed by atoms with E-state index in [1.54, 1.807) is 6.92 Å². The summed E-state index contributed by atoms with van der Waals surface area (Å²) in [7, 11) is -3.11. The zero-order valence-corrected chi connectivity index (χ0v) is 17.1. The highest BCUT2D eigenvalue weighted by Crippen LogP contribution is 2.21. The maximum atomic E-state index is 11.6. The number of hydrazone groups is 1. The van der Waals surface area contributed by atoms with Crippen LogP contribution < -0.4 is 0 Å². The van der Waals surface area contributed by atoms with Crippen LogP contribution in [0.15, 0.2) is 35.4 Å². The van der Waals surface area contributed by atoms with Gasteiger partial charge in [0.05, 0.1) is 0 Å². The highest BCUT2D eigenvalue weighted by Gasteiger charge is 2.34. The van der Waals surface area contributed by atoms with Crippen LogP contribution in [-0.4, -0.2) is 32.3 Å². The van der Waals surface area contributed by atoms with Gasteiger partial charge in [-0.3, -0.25) is 4.79 Å². The van der Waals surface area contributed by atoms with Crippen LogP contribution in [0.2, 0.25) is 39.3 Å². The highest BCUT2D eigenvalue weighted by molar-refractivity contribution is 6.89. The number of nitrogens with zero attached hydrogens (tertiary/aromatic N) is 2. The van der Waals surface area contributed by atoms with Gasteiger partial charge in [0.1, 0.15) is 5.78 Å². The van der Waals surface area contributed by atoms with E-state index >= 15 is 0 Å². The number of Topliss-reactive ketones (excluding diaryl/α,β-unsaturated/α-hetero) is 1. The van der Waals surface area contributed by atoms with Gasteiger partial charge in [-0.2, -0.15) is 0 Å². The quantitative estimate of drug-likeness (QED) is 0.417. The van der Waals surface area contributed by atoms with Crippen molar-refractivity contribution in [2.24, 2.45) is 5.10 Å². The predicted molar refractivity (Wildman–Crippen MR) is 101 cm³/mol. The van der Waals surface area contributed by atoms with Crippen molar-refractivity contribution >= 4 is 28.0 Å². The molecular weight excluding hydrogens is 304 g/mol. The second-order valence-corrected chi connectivity index (χ2v) is 17.8. The monoisotopic (exact) mass is 334 g/mol. The van der Waals surface area contributed by atoms with Gasteiger partial charge in [-0.25, -0.2) is 5.10 Å². The third-order valence-corrected chi connectivity index (χ3v) is 9.98. The van der Waals surface area contributed by atoms with Crippen molar-refractivity contribution in [1.82, 2.24) is 4.34 Å². The van der Waals surface area contributed by atoms with Crippen LogP contribution in [-0.2, 0) is 11.2 Å². The zero-order valence-electron chi connectivity index (χ0n) is 15.1. The summed E-state index contributed by atoms with van der Waals surface area (Å²) in [4.78, 5) is 11.6. The molecule has 0 fully saturated rings. The van der Waals surface area contributed by atoms with Crippen LogP contribution in [0.5, 0.6) is 0 Å². The van der Waals surface area contributed by atoms with Crippen molar-refractivity contribution in [3.63, 3.8) is 0 Å². The topological polar surface area (TPSA) is 32.7 Å². The second kappa shape index (κ2) is 7.37. The summed E-state index contributed by atoms with van der Waals surface area (Å²) in [6, 6.07) is 10.3. The molecule has 0 saturated heterocycles. The molecule has 0 aromatic heterocycles. The minimum absolute atomic E-state index is 0.181. The molecule has 0 radical (unpaired) electrons. The molecule has 0 spiro atoms. The maximum Gasteiger partial charge on any atom is 0.158 e. The molecule has 0 unspecified atom stereocenters. The fourth-order valence-corrected chi connectivity index (χ4v) is 11.6. The SMILES string of the molecule is CC(=O)C/C(Cc1ccccc1)=N\N([Si](C)(C)C)[Si](C)(C)C. The molecule has 122 valence electrons. The Labute approximate surface area is 137 Å². The summed E-state index contributed by atoms with van der Waals surface area (Å²) in [5.41, 5.74) is 2.21. The number of hydrogen-bond donors (Lipinski definition) is 0. The zero-order chi connectivity index (χ0) is 17.0. The number of benzene rings is 1. The van der Waals surface area contributed by atoms with Gasteiger partial charge in [-0.05, 0) is 12.5 Å². The van der Waals surface area contributed by atoms with Gasteiger partial charge in [0.2, 0.25) is 0 Å². The molecule has 0 atom stereocenters. The lowest BCUT2D eigenvalue weighted by Crippen LogP contribution is -2.56. The molecule has 0 aliphatic rings. The molecule has 0 aliphatic heterocycles. The maximum absolute atomic E-state index is 11.6. The van der Waals surface area contributed by atoms with E-state index < -0.39 is 16.5 Å². The molecule has 0 aliphatic carbocycles. The van der Waals surface area contributed by atoms with Crippen LogP contribution in [0, 0.1) is 0 Å². The molecule has 5 heteroatoms. The molecule has 0 N–H and O–H groups in total. The third kappa shape index (κ3) is 6.28. The fraction of sp³-hybridized carbons (Fsp3) is 0.529. The molecule has 22 heavy (non-hydrogen) atoms.